The number of imide groups is 1. The summed E-state index contributed by atoms with van der Waals surface area (Å²) in [6.07, 6.45) is 6.02. The summed E-state index contributed by atoms with van der Waals surface area (Å²) in [5, 5.41) is 32.1. The summed E-state index contributed by atoms with van der Waals surface area (Å²) in [5.41, 5.74) is 20.7. The molecule has 5 aromatic rings. The van der Waals surface area contributed by atoms with Gasteiger partial charge in [-0.05, 0) is 79.8 Å². The lowest BCUT2D eigenvalue weighted by Gasteiger charge is -2.22. The Morgan fingerprint density at radius 3 is 2.38 bits per heavy atom. The molecule has 25 heteroatoms. The Balaban J connectivity index is 0.958. The number of aromatic amines is 1. The van der Waals surface area contributed by atoms with Gasteiger partial charge in [0, 0.05) is 61.3 Å². The number of hydrogen-bond acceptors (Lipinski definition) is 20. The summed E-state index contributed by atoms with van der Waals surface area (Å²) in [6, 6.07) is 7.08. The normalized spacial score (nSPS) is 14.7. The minimum atomic E-state index is -1.27. The molecular weight excluding hydrogens is 975 g/mol. The van der Waals surface area contributed by atoms with Gasteiger partial charge in [0.1, 0.15) is 11.8 Å². The van der Waals surface area contributed by atoms with Crippen molar-refractivity contribution in [2.45, 2.75) is 115 Å². The topological polar surface area (TPSA) is 380 Å². The molecule has 392 valence electrons. The van der Waals surface area contributed by atoms with Crippen molar-refractivity contribution in [1.29, 1.82) is 0 Å². The molecule has 1 fully saturated rings. The number of benzene rings is 2. The highest BCUT2D eigenvalue weighted by molar-refractivity contribution is 8.00. The number of carbonyl (C=O) groups excluding carboxylic acids is 7. The molecule has 1 aliphatic heterocycles. The number of rotatable bonds is 28. The summed E-state index contributed by atoms with van der Waals surface area (Å²) in [5.74, 6) is -4.06. The molecule has 24 nitrogen and oxygen atoms in total. The van der Waals surface area contributed by atoms with E-state index in [0.29, 0.717) is 48.3 Å². The van der Waals surface area contributed by atoms with E-state index in [1.807, 2.05) is 13.8 Å². The van der Waals surface area contributed by atoms with E-state index >= 15 is 0 Å². The van der Waals surface area contributed by atoms with Gasteiger partial charge < -0.3 is 38.3 Å². The molecule has 1 aliphatic rings. The summed E-state index contributed by atoms with van der Waals surface area (Å²) < 4.78 is 0. The quantitative estimate of drug-likeness (QED) is 0.0154. The Hall–Kier alpha value is -7.96. The summed E-state index contributed by atoms with van der Waals surface area (Å²) >= 11 is 1.37. The number of Topliss-reactive ketones (excluding diaryl/α,β-unsaturated/α-hetero) is 3. The standard InChI is InChI=1S/C49H61N15O9S/c1-25(2)32(21-30(65)10-6-5-9-17-64-40(68)22-39(74-4)47(64)71)46(70)55-26(3)38(67)19-27-13-15-31(33(18-27)43-60-62-63-61-43)37(66)12-8-7-11-36(48(72)73)57-45(69)28-14-16-35(34(50)20-28)53-23-29-24-54-44-41(56-29)42(51)58-49(52)59-44/h13-16,18,20,24-26,32,36,39,53H,5-12,17,19,21-23,50H2,1-4H3,(H,55,70)(H,57,69)(H,72,73)(H,60,61,62,63)(H4,51,52,54,58,59)/t26-,32-,36-,39?/m0/s1. The number of unbranched alkanes of at least 4 members (excludes halogenated alkanes) is 3. The van der Waals surface area contributed by atoms with Gasteiger partial charge in [-0.1, -0.05) is 38.8 Å². The number of ketones is 3. The number of aliphatic carboxylic acids is 1. The fraction of sp³-hybridized carbons (Fsp3) is 0.449. The Morgan fingerprint density at radius 1 is 0.919 bits per heavy atom. The minimum absolute atomic E-state index is 0.00584. The number of nitrogens with two attached hydrogens (primary N) is 3. The average Bonchev–Trinajstić information content (AvgIpc) is 4.00. The number of nitrogen functional groups attached to an aromatic ring is 3. The number of amides is 4. The molecule has 2 aromatic carbocycles. The van der Waals surface area contributed by atoms with Crippen molar-refractivity contribution in [2.24, 2.45) is 11.8 Å². The summed E-state index contributed by atoms with van der Waals surface area (Å²) in [7, 11) is 0. The molecule has 0 aliphatic carbocycles. The third-order valence-corrected chi connectivity index (χ3v) is 13.6. The SMILES string of the molecule is CSC1CC(=O)N(CCCCCC(=O)C[C@H](C(=O)N[C@@H](C)C(=O)Cc2ccc(C(=O)CCCC[C@H](NC(=O)c3ccc(NCc4cnc5nc(N)nc(N)c5n4)c(N)c3)C(=O)O)c(-c3nn[nH]n3)c2)C(C)C)C1=O. The van der Waals surface area contributed by atoms with Crippen LogP contribution in [0.25, 0.3) is 22.6 Å². The molecule has 1 saturated heterocycles. The lowest BCUT2D eigenvalue weighted by atomic mass is 9.88. The maximum absolute atomic E-state index is 13.6. The zero-order valence-corrected chi connectivity index (χ0v) is 42.4. The first-order chi connectivity index (χ1) is 35.3. The van der Waals surface area contributed by atoms with Gasteiger partial charge in [0.25, 0.3) is 5.91 Å². The molecule has 4 heterocycles. The molecule has 4 amide bonds. The number of thioether (sulfide) groups is 1. The van der Waals surface area contributed by atoms with Gasteiger partial charge in [0.05, 0.1) is 41.1 Å². The second-order valence-electron chi connectivity index (χ2n) is 18.4. The van der Waals surface area contributed by atoms with Crippen molar-refractivity contribution in [3.8, 4) is 11.4 Å². The van der Waals surface area contributed by atoms with Crippen molar-refractivity contribution in [3.63, 3.8) is 0 Å². The fourth-order valence-corrected chi connectivity index (χ4v) is 9.00. The number of fused-ring (bicyclic) bond motifs is 1. The molecule has 3 aromatic heterocycles. The number of likely N-dealkylation sites (tertiary alicyclic amines) is 1. The number of H-pyrrole nitrogens is 1. The predicted octanol–water partition coefficient (Wildman–Crippen LogP) is 3.48. The fourth-order valence-electron chi connectivity index (χ4n) is 8.37. The highest BCUT2D eigenvalue weighted by Crippen LogP contribution is 2.27. The summed E-state index contributed by atoms with van der Waals surface area (Å²) in [4.78, 5) is 121. The van der Waals surface area contributed by atoms with Crippen LogP contribution in [0.2, 0.25) is 0 Å². The number of carboxylic acid groups (broad SMARTS) is 1. The average molecular weight is 1040 g/mol. The second-order valence-corrected chi connectivity index (χ2v) is 19.4. The molecule has 74 heavy (non-hydrogen) atoms. The van der Waals surface area contributed by atoms with E-state index in [1.165, 1.54) is 35.0 Å². The van der Waals surface area contributed by atoms with E-state index in [1.54, 1.807) is 37.4 Å². The number of aromatic nitrogens is 8. The molecule has 0 spiro atoms. The molecule has 11 N–H and O–H groups in total. The van der Waals surface area contributed by atoms with E-state index < -0.39 is 35.8 Å². The minimum Gasteiger partial charge on any atom is -0.480 e. The lowest BCUT2D eigenvalue weighted by molar-refractivity contribution is -0.140. The second kappa shape index (κ2) is 25.6. The molecule has 6 rings (SSSR count). The van der Waals surface area contributed by atoms with Crippen LogP contribution in [-0.2, 0) is 41.7 Å². The maximum Gasteiger partial charge on any atom is 0.326 e. The zero-order chi connectivity index (χ0) is 53.6. The highest BCUT2D eigenvalue weighted by Gasteiger charge is 2.37. The maximum atomic E-state index is 13.6. The third-order valence-electron chi connectivity index (χ3n) is 12.6. The van der Waals surface area contributed by atoms with Gasteiger partial charge in [0.2, 0.25) is 29.5 Å². The molecule has 0 saturated carbocycles. The Labute approximate surface area is 430 Å². The number of nitrogens with zero attached hydrogens (tertiary/aromatic N) is 8. The van der Waals surface area contributed by atoms with Crippen molar-refractivity contribution >= 4 is 93.0 Å². The van der Waals surface area contributed by atoms with Gasteiger partial charge in [-0.25, -0.2) is 14.8 Å². The van der Waals surface area contributed by atoms with Crippen LogP contribution in [0, 0.1) is 11.8 Å². The van der Waals surface area contributed by atoms with E-state index in [2.05, 4.69) is 56.5 Å². The zero-order valence-electron chi connectivity index (χ0n) is 41.6. The first-order valence-corrected chi connectivity index (χ1v) is 25.5. The van der Waals surface area contributed by atoms with Crippen molar-refractivity contribution in [3.05, 3.63) is 65.0 Å². The summed E-state index contributed by atoms with van der Waals surface area (Å²) in [6.45, 7) is 5.75. The predicted molar refractivity (Wildman–Crippen MR) is 275 cm³/mol. The van der Waals surface area contributed by atoms with Crippen molar-refractivity contribution < 1.29 is 43.5 Å². The van der Waals surface area contributed by atoms with Crippen LogP contribution in [0.4, 0.5) is 23.1 Å². The first kappa shape index (κ1) is 55.4. The Morgan fingerprint density at radius 2 is 1.69 bits per heavy atom. The molecular formula is C49H61N15O9S. The Kier molecular flexibility index (Phi) is 19.2. The van der Waals surface area contributed by atoms with E-state index in [9.17, 15) is 43.5 Å². The van der Waals surface area contributed by atoms with E-state index in [4.69, 9.17) is 17.2 Å². The monoisotopic (exact) mass is 1040 g/mol. The van der Waals surface area contributed by atoms with Gasteiger partial charge in [0.15, 0.2) is 28.5 Å². The van der Waals surface area contributed by atoms with Crippen LogP contribution in [0.15, 0.2) is 42.6 Å². The molecule has 1 unspecified atom stereocenters. The van der Waals surface area contributed by atoms with Crippen molar-refractivity contribution in [1.82, 2.24) is 56.1 Å². The van der Waals surface area contributed by atoms with Crippen LogP contribution in [-0.4, -0.2) is 128 Å². The Bertz CT molecular complexity index is 2900. The number of carbonyl (C=O) groups is 8. The number of nitrogens with one attached hydrogen (secondary N) is 4. The number of tetrazole rings is 1. The molecule has 0 radical (unpaired) electrons. The van der Waals surface area contributed by atoms with Gasteiger partial charge >= 0.3 is 5.97 Å². The number of carboxylic acids is 1. The van der Waals surface area contributed by atoms with E-state index in [-0.39, 0.29) is 144 Å². The highest BCUT2D eigenvalue weighted by atomic mass is 32.2. The van der Waals surface area contributed by atoms with Crippen LogP contribution >= 0.6 is 11.8 Å². The third kappa shape index (κ3) is 14.6. The van der Waals surface area contributed by atoms with Gasteiger partial charge in [-0.3, -0.25) is 38.5 Å². The molecule has 0 bridgehead atoms. The van der Waals surface area contributed by atoms with E-state index in [0.717, 1.165) is 0 Å². The number of anilines is 4. The van der Waals surface area contributed by atoms with Crippen molar-refractivity contribution in [2.75, 3.05) is 35.3 Å². The smallest absolute Gasteiger partial charge is 0.326 e. The van der Waals surface area contributed by atoms with Crippen LogP contribution in [0.1, 0.15) is 117 Å². The number of hydrogen-bond donors (Lipinski definition) is 8. The van der Waals surface area contributed by atoms with Crippen LogP contribution < -0.4 is 33.2 Å². The van der Waals surface area contributed by atoms with Crippen LogP contribution in [0.5, 0.6) is 0 Å². The van der Waals surface area contributed by atoms with Gasteiger partial charge in [-0.15, -0.1) is 10.2 Å². The largest absolute Gasteiger partial charge is 0.480 e. The molecule has 4 atom stereocenters. The first-order valence-electron chi connectivity index (χ1n) is 24.2. The lowest BCUT2D eigenvalue weighted by Crippen LogP contribution is -2.44. The van der Waals surface area contributed by atoms with Gasteiger partial charge in [-0.2, -0.15) is 26.9 Å². The van der Waals surface area contributed by atoms with Crippen LogP contribution in [0.3, 0.4) is 0 Å².